The molecule has 4 aromatic rings. The molecule has 0 unspecified atom stereocenters. The molecular weight excluding hydrogens is 424 g/mol. The molecule has 0 amide bonds. The summed E-state index contributed by atoms with van der Waals surface area (Å²) in [6.45, 7) is 6.34. The van der Waals surface area contributed by atoms with E-state index >= 15 is 0 Å². The van der Waals surface area contributed by atoms with Gasteiger partial charge in [-0.05, 0) is 29.3 Å². The van der Waals surface area contributed by atoms with E-state index in [0.29, 0.717) is 17.7 Å². The van der Waals surface area contributed by atoms with Crippen LogP contribution in [-0.2, 0) is 19.5 Å². The van der Waals surface area contributed by atoms with Gasteiger partial charge in [-0.2, -0.15) is 0 Å². The van der Waals surface area contributed by atoms with Crippen molar-refractivity contribution in [2.24, 2.45) is 0 Å². The van der Waals surface area contributed by atoms with Gasteiger partial charge in [0, 0.05) is 50.1 Å². The average molecular weight is 449 g/mol. The molecule has 5 heterocycles. The maximum atomic E-state index is 12.8. The van der Waals surface area contributed by atoms with E-state index in [1.54, 1.807) is 6.26 Å². The zero-order chi connectivity index (χ0) is 21.5. The van der Waals surface area contributed by atoms with E-state index in [0.717, 1.165) is 67.7 Å². The van der Waals surface area contributed by atoms with E-state index in [9.17, 15) is 4.79 Å². The van der Waals surface area contributed by atoms with E-state index in [2.05, 4.69) is 33.0 Å². The summed E-state index contributed by atoms with van der Waals surface area (Å²) >= 11 is 1.49. The molecule has 6 rings (SSSR count). The Morgan fingerprint density at radius 3 is 2.75 bits per heavy atom. The first-order chi connectivity index (χ1) is 15.7. The van der Waals surface area contributed by atoms with Crippen molar-refractivity contribution in [3.8, 4) is 17.1 Å². The molecule has 7 nitrogen and oxygen atoms in total. The highest BCUT2D eigenvalue weighted by atomic mass is 32.1. The third-order valence-corrected chi connectivity index (χ3v) is 7.15. The topological polar surface area (TPSA) is 74.6 Å². The van der Waals surface area contributed by atoms with E-state index in [1.165, 1.54) is 22.5 Å². The number of aromatic amines is 1. The largest absolute Gasteiger partial charge is 0.493 e. The minimum atomic E-state index is -0.100. The Bertz CT molecular complexity index is 1300. The van der Waals surface area contributed by atoms with Gasteiger partial charge < -0.3 is 14.1 Å². The first-order valence-corrected chi connectivity index (χ1v) is 11.8. The zero-order valence-corrected chi connectivity index (χ0v) is 18.5. The fraction of sp³-hybridized carbons (Fsp3) is 0.333. The Morgan fingerprint density at radius 2 is 1.94 bits per heavy atom. The van der Waals surface area contributed by atoms with Gasteiger partial charge in [0.25, 0.3) is 5.56 Å². The lowest BCUT2D eigenvalue weighted by molar-refractivity contribution is 0.120. The van der Waals surface area contributed by atoms with Gasteiger partial charge in [-0.3, -0.25) is 14.6 Å². The maximum Gasteiger partial charge on any atom is 0.260 e. The Morgan fingerprint density at radius 1 is 1.09 bits per heavy atom. The van der Waals surface area contributed by atoms with Crippen LogP contribution in [0.15, 0.2) is 51.2 Å². The fourth-order valence-electron chi connectivity index (χ4n) is 4.60. The fourth-order valence-corrected chi connectivity index (χ4v) is 5.54. The van der Waals surface area contributed by atoms with Crippen LogP contribution in [0.25, 0.3) is 21.5 Å². The lowest BCUT2D eigenvalue weighted by Gasteiger charge is -2.34. The van der Waals surface area contributed by atoms with Crippen LogP contribution in [0.5, 0.6) is 5.75 Å². The normalized spacial score (nSPS) is 17.0. The molecule has 2 aliphatic heterocycles. The molecule has 1 fully saturated rings. The molecule has 1 saturated heterocycles. The molecule has 0 aliphatic carbocycles. The summed E-state index contributed by atoms with van der Waals surface area (Å²) in [5, 5.41) is 2.55. The summed E-state index contributed by atoms with van der Waals surface area (Å²) in [4.78, 5) is 26.1. The van der Waals surface area contributed by atoms with Crippen molar-refractivity contribution in [2.45, 2.75) is 19.5 Å². The van der Waals surface area contributed by atoms with E-state index < -0.39 is 0 Å². The molecule has 0 spiro atoms. The standard InChI is InChI=1S/C24H24N4O3S/c29-23-22-18(20-2-1-10-30-20)15-32-24(22)26-21(25-23)14-28-8-6-27(7-9-28)13-16-3-4-19-17(12-16)5-11-31-19/h1-4,10,12,15H,5-9,11,13-14H2,(H,25,26,29). The van der Waals surface area contributed by atoms with Crippen molar-refractivity contribution in [2.75, 3.05) is 32.8 Å². The second-order valence-corrected chi connectivity index (χ2v) is 9.27. The van der Waals surface area contributed by atoms with Crippen molar-refractivity contribution < 1.29 is 9.15 Å². The van der Waals surface area contributed by atoms with Crippen LogP contribution in [0.4, 0.5) is 0 Å². The predicted octanol–water partition coefficient (Wildman–Crippen LogP) is 3.50. The number of fused-ring (bicyclic) bond motifs is 2. The monoisotopic (exact) mass is 448 g/mol. The number of thiophene rings is 1. The van der Waals surface area contributed by atoms with Gasteiger partial charge in [0.2, 0.25) is 0 Å². The van der Waals surface area contributed by atoms with Crippen molar-refractivity contribution in [1.82, 2.24) is 19.8 Å². The molecule has 164 valence electrons. The average Bonchev–Trinajstić information content (AvgIpc) is 3.55. The highest BCUT2D eigenvalue weighted by Crippen LogP contribution is 2.31. The van der Waals surface area contributed by atoms with Gasteiger partial charge in [0.15, 0.2) is 0 Å². The van der Waals surface area contributed by atoms with Gasteiger partial charge in [-0.25, -0.2) is 4.98 Å². The predicted molar refractivity (Wildman–Crippen MR) is 124 cm³/mol. The van der Waals surface area contributed by atoms with Crippen molar-refractivity contribution in [3.63, 3.8) is 0 Å². The van der Waals surface area contributed by atoms with Gasteiger partial charge in [0.1, 0.15) is 22.2 Å². The Balaban J connectivity index is 1.10. The van der Waals surface area contributed by atoms with Crippen LogP contribution < -0.4 is 10.3 Å². The number of hydrogen-bond donors (Lipinski definition) is 1. The summed E-state index contributed by atoms with van der Waals surface area (Å²) in [5.74, 6) is 2.46. The molecule has 1 aromatic carbocycles. The third-order valence-electron chi connectivity index (χ3n) is 6.28. The molecule has 3 aromatic heterocycles. The van der Waals surface area contributed by atoms with Crippen molar-refractivity contribution in [1.29, 1.82) is 0 Å². The highest BCUT2D eigenvalue weighted by molar-refractivity contribution is 7.17. The van der Waals surface area contributed by atoms with E-state index in [1.807, 2.05) is 17.5 Å². The Hall–Kier alpha value is -2.94. The zero-order valence-electron chi connectivity index (χ0n) is 17.7. The van der Waals surface area contributed by atoms with Gasteiger partial charge in [-0.15, -0.1) is 11.3 Å². The number of piperazine rings is 1. The lowest BCUT2D eigenvalue weighted by atomic mass is 10.1. The minimum absolute atomic E-state index is 0.100. The van der Waals surface area contributed by atoms with Crippen molar-refractivity contribution >= 4 is 21.6 Å². The van der Waals surface area contributed by atoms with Crippen LogP contribution in [0.2, 0.25) is 0 Å². The molecule has 0 bridgehead atoms. The first kappa shape index (κ1) is 19.7. The molecule has 32 heavy (non-hydrogen) atoms. The SMILES string of the molecule is O=c1[nH]c(CN2CCN(Cc3ccc4c(c3)CCO4)CC2)nc2scc(-c3ccco3)c12. The third kappa shape index (κ3) is 3.74. The number of benzene rings is 1. The van der Waals surface area contributed by atoms with Gasteiger partial charge in [-0.1, -0.05) is 12.1 Å². The van der Waals surface area contributed by atoms with Crippen LogP contribution >= 0.6 is 11.3 Å². The lowest BCUT2D eigenvalue weighted by Crippen LogP contribution is -2.45. The molecule has 0 radical (unpaired) electrons. The molecule has 2 aliphatic rings. The van der Waals surface area contributed by atoms with E-state index in [-0.39, 0.29) is 5.56 Å². The summed E-state index contributed by atoms with van der Waals surface area (Å²) in [6.07, 6.45) is 2.63. The summed E-state index contributed by atoms with van der Waals surface area (Å²) in [5.41, 5.74) is 3.39. The summed E-state index contributed by atoms with van der Waals surface area (Å²) in [7, 11) is 0. The number of H-pyrrole nitrogens is 1. The Labute approximate surface area is 189 Å². The number of nitrogens with zero attached hydrogens (tertiary/aromatic N) is 3. The van der Waals surface area contributed by atoms with E-state index in [4.69, 9.17) is 14.1 Å². The Kier molecular flexibility index (Phi) is 5.05. The smallest absolute Gasteiger partial charge is 0.260 e. The molecule has 8 heteroatoms. The molecular formula is C24H24N4O3S. The number of aromatic nitrogens is 2. The van der Waals surface area contributed by atoms with Crippen LogP contribution in [0.3, 0.4) is 0 Å². The molecule has 1 N–H and O–H groups in total. The highest BCUT2D eigenvalue weighted by Gasteiger charge is 2.20. The maximum absolute atomic E-state index is 12.8. The van der Waals surface area contributed by atoms with Crippen LogP contribution in [0, 0.1) is 0 Å². The number of ether oxygens (including phenoxy) is 1. The molecule has 0 saturated carbocycles. The summed E-state index contributed by atoms with van der Waals surface area (Å²) < 4.78 is 11.1. The van der Waals surface area contributed by atoms with Gasteiger partial charge >= 0.3 is 0 Å². The van der Waals surface area contributed by atoms with Crippen molar-refractivity contribution in [3.05, 3.63) is 69.3 Å². The number of rotatable bonds is 5. The quantitative estimate of drug-likeness (QED) is 0.504. The van der Waals surface area contributed by atoms with Gasteiger partial charge in [0.05, 0.1) is 24.8 Å². The first-order valence-electron chi connectivity index (χ1n) is 11.0. The summed E-state index contributed by atoms with van der Waals surface area (Å²) in [6, 6.07) is 10.3. The number of hydrogen-bond acceptors (Lipinski definition) is 7. The second-order valence-electron chi connectivity index (χ2n) is 8.41. The minimum Gasteiger partial charge on any atom is -0.493 e. The second kappa shape index (κ2) is 8.20. The van der Waals surface area contributed by atoms with Crippen LogP contribution in [0.1, 0.15) is 17.0 Å². The number of furan rings is 1. The van der Waals surface area contributed by atoms with Crippen LogP contribution in [-0.4, -0.2) is 52.6 Å². The molecule has 0 atom stereocenters. The number of nitrogens with one attached hydrogen (secondary N) is 1.